The highest BCUT2D eigenvalue weighted by atomic mass is 32.2. The van der Waals surface area contributed by atoms with Crippen molar-refractivity contribution >= 4 is 15.7 Å². The van der Waals surface area contributed by atoms with Gasteiger partial charge in [0.2, 0.25) is 0 Å². The van der Waals surface area contributed by atoms with Crippen molar-refractivity contribution in [3.05, 3.63) is 78.4 Å². The SMILES string of the molecule is O=C(NC1CCS(=O)(=O)C1)c1ccc(-n2nc(-c3ccccc3O)nc2-c2ccccc2O)cc1. The van der Waals surface area contributed by atoms with Crippen molar-refractivity contribution in [2.24, 2.45) is 0 Å². The Balaban J connectivity index is 1.49. The number of carbonyl (C=O) groups is 1. The fourth-order valence-corrected chi connectivity index (χ4v) is 5.71. The van der Waals surface area contributed by atoms with E-state index in [1.54, 1.807) is 72.8 Å². The number of nitrogens with zero attached hydrogens (tertiary/aromatic N) is 3. The Morgan fingerprint density at radius 1 is 0.914 bits per heavy atom. The summed E-state index contributed by atoms with van der Waals surface area (Å²) in [6, 6.07) is 19.6. The second-order valence-corrected chi connectivity index (χ2v) is 10.6. The summed E-state index contributed by atoms with van der Waals surface area (Å²) in [6.07, 6.45) is 0.407. The molecule has 35 heavy (non-hydrogen) atoms. The molecule has 0 saturated carbocycles. The molecular weight excluding hydrogens is 468 g/mol. The number of sulfone groups is 1. The lowest BCUT2D eigenvalue weighted by Gasteiger charge is -2.12. The lowest BCUT2D eigenvalue weighted by molar-refractivity contribution is 0.0941. The van der Waals surface area contributed by atoms with Crippen LogP contribution in [0.3, 0.4) is 0 Å². The lowest BCUT2D eigenvalue weighted by atomic mass is 10.1. The van der Waals surface area contributed by atoms with Crippen molar-refractivity contribution in [2.45, 2.75) is 12.5 Å². The van der Waals surface area contributed by atoms with Gasteiger partial charge in [0.25, 0.3) is 5.91 Å². The van der Waals surface area contributed by atoms with Gasteiger partial charge in [-0.15, -0.1) is 5.10 Å². The van der Waals surface area contributed by atoms with Crippen LogP contribution in [-0.2, 0) is 9.84 Å². The van der Waals surface area contributed by atoms with Crippen molar-refractivity contribution in [3.8, 4) is 40.0 Å². The predicted octanol–water partition coefficient (Wildman–Crippen LogP) is 2.93. The van der Waals surface area contributed by atoms with Crippen molar-refractivity contribution in [2.75, 3.05) is 11.5 Å². The van der Waals surface area contributed by atoms with Crippen molar-refractivity contribution < 1.29 is 23.4 Å². The highest BCUT2D eigenvalue weighted by molar-refractivity contribution is 7.91. The molecule has 10 heteroatoms. The van der Waals surface area contributed by atoms with Crippen LogP contribution < -0.4 is 5.32 Å². The molecule has 178 valence electrons. The molecule has 2 heterocycles. The molecular formula is C25H22N4O5S. The summed E-state index contributed by atoms with van der Waals surface area (Å²) in [5.74, 6) is 0.349. The number of nitrogens with one attached hydrogen (secondary N) is 1. The van der Waals surface area contributed by atoms with Gasteiger partial charge in [-0.3, -0.25) is 4.79 Å². The minimum Gasteiger partial charge on any atom is -0.507 e. The average molecular weight is 491 g/mol. The molecule has 1 aliphatic heterocycles. The van der Waals surface area contributed by atoms with Crippen molar-refractivity contribution in [3.63, 3.8) is 0 Å². The predicted molar refractivity (Wildman–Crippen MR) is 130 cm³/mol. The van der Waals surface area contributed by atoms with E-state index in [4.69, 9.17) is 0 Å². The fourth-order valence-electron chi connectivity index (χ4n) is 4.04. The van der Waals surface area contributed by atoms with Gasteiger partial charge in [0.1, 0.15) is 11.5 Å². The van der Waals surface area contributed by atoms with Crippen molar-refractivity contribution in [1.82, 2.24) is 20.1 Å². The Morgan fingerprint density at radius 2 is 1.54 bits per heavy atom. The average Bonchev–Trinajstić information content (AvgIpc) is 3.43. The van der Waals surface area contributed by atoms with E-state index < -0.39 is 15.9 Å². The first-order valence-corrected chi connectivity index (χ1v) is 12.8. The number of aromatic nitrogens is 3. The number of phenols is 2. The molecule has 1 saturated heterocycles. The fraction of sp³-hybridized carbons (Fsp3) is 0.160. The minimum absolute atomic E-state index is 0.0208. The molecule has 3 N–H and O–H groups in total. The summed E-state index contributed by atoms with van der Waals surface area (Å²) < 4.78 is 24.8. The minimum atomic E-state index is -3.10. The molecule has 1 aliphatic rings. The highest BCUT2D eigenvalue weighted by Gasteiger charge is 2.29. The van der Waals surface area contributed by atoms with E-state index in [0.29, 0.717) is 34.6 Å². The van der Waals surface area contributed by atoms with E-state index in [-0.39, 0.29) is 34.7 Å². The number of para-hydroxylation sites is 2. The van der Waals surface area contributed by atoms with Crippen molar-refractivity contribution in [1.29, 1.82) is 0 Å². The quantitative estimate of drug-likeness (QED) is 0.392. The summed E-state index contributed by atoms with van der Waals surface area (Å²) in [5.41, 5.74) is 1.84. The third-order valence-electron chi connectivity index (χ3n) is 5.84. The van der Waals surface area contributed by atoms with Crippen LogP contribution in [0.25, 0.3) is 28.5 Å². The number of benzene rings is 3. The summed E-state index contributed by atoms with van der Waals surface area (Å²) in [4.78, 5) is 17.2. The normalized spacial score (nSPS) is 16.7. The molecule has 1 aromatic heterocycles. The smallest absolute Gasteiger partial charge is 0.251 e. The van der Waals surface area contributed by atoms with Gasteiger partial charge in [0.05, 0.1) is 28.3 Å². The number of carbonyl (C=O) groups excluding carboxylic acids is 1. The van der Waals surface area contributed by atoms with Gasteiger partial charge in [0.15, 0.2) is 21.5 Å². The third-order valence-corrected chi connectivity index (χ3v) is 7.61. The van der Waals surface area contributed by atoms with E-state index in [1.807, 2.05) is 0 Å². The number of rotatable bonds is 5. The van der Waals surface area contributed by atoms with E-state index in [0.717, 1.165) is 0 Å². The zero-order valence-corrected chi connectivity index (χ0v) is 19.3. The first-order valence-electron chi connectivity index (χ1n) is 11.0. The second-order valence-electron chi connectivity index (χ2n) is 8.33. The van der Waals surface area contributed by atoms with E-state index in [1.165, 1.54) is 4.68 Å². The topological polar surface area (TPSA) is 134 Å². The number of hydrogen-bond acceptors (Lipinski definition) is 7. The molecule has 1 unspecified atom stereocenters. The maximum absolute atomic E-state index is 12.6. The molecule has 0 aliphatic carbocycles. The lowest BCUT2D eigenvalue weighted by Crippen LogP contribution is -2.35. The van der Waals surface area contributed by atoms with Crippen LogP contribution >= 0.6 is 0 Å². The molecule has 1 atom stereocenters. The molecule has 3 aromatic carbocycles. The zero-order chi connectivity index (χ0) is 24.6. The van der Waals surface area contributed by atoms with Crippen LogP contribution in [-0.4, -0.2) is 56.9 Å². The molecule has 1 amide bonds. The van der Waals surface area contributed by atoms with Gasteiger partial charge >= 0.3 is 0 Å². The standard InChI is InChI=1S/C25H22N4O5S/c30-21-7-3-1-5-19(21)23-27-24(20-6-2-4-8-22(20)31)29(28-23)18-11-9-16(10-12-18)25(32)26-17-13-14-35(33,34)15-17/h1-12,17,30-31H,13-15H2,(H,26,32). The molecule has 0 radical (unpaired) electrons. The van der Waals surface area contributed by atoms with E-state index >= 15 is 0 Å². The highest BCUT2D eigenvalue weighted by Crippen LogP contribution is 2.33. The first-order chi connectivity index (χ1) is 16.8. The Hall–Kier alpha value is -4.18. The summed E-state index contributed by atoms with van der Waals surface area (Å²) in [5, 5.41) is 28.1. The van der Waals surface area contributed by atoms with Gasteiger partial charge in [-0.05, 0) is 55.0 Å². The van der Waals surface area contributed by atoms with Crippen LogP contribution in [0.5, 0.6) is 11.5 Å². The summed E-state index contributed by atoms with van der Waals surface area (Å²) in [6.45, 7) is 0. The molecule has 4 aromatic rings. The van der Waals surface area contributed by atoms with Gasteiger partial charge in [0, 0.05) is 11.6 Å². The van der Waals surface area contributed by atoms with Crippen LogP contribution in [0.1, 0.15) is 16.8 Å². The number of amides is 1. The Kier molecular flexibility index (Phi) is 5.73. The van der Waals surface area contributed by atoms with Gasteiger partial charge in [-0.2, -0.15) is 0 Å². The van der Waals surface area contributed by atoms with Crippen LogP contribution in [0.4, 0.5) is 0 Å². The molecule has 9 nitrogen and oxygen atoms in total. The number of hydrogen-bond donors (Lipinski definition) is 3. The number of aromatic hydroxyl groups is 2. The third kappa shape index (κ3) is 4.60. The number of phenolic OH excluding ortho intramolecular Hbond substituents is 2. The molecule has 5 rings (SSSR count). The van der Waals surface area contributed by atoms with Crippen LogP contribution in [0, 0.1) is 0 Å². The van der Waals surface area contributed by atoms with E-state index in [9.17, 15) is 23.4 Å². The van der Waals surface area contributed by atoms with E-state index in [2.05, 4.69) is 15.4 Å². The summed E-state index contributed by atoms with van der Waals surface area (Å²) >= 11 is 0. The monoisotopic (exact) mass is 490 g/mol. The van der Waals surface area contributed by atoms with Gasteiger partial charge < -0.3 is 15.5 Å². The first kappa shape index (κ1) is 22.6. The maximum Gasteiger partial charge on any atom is 0.251 e. The second kappa shape index (κ2) is 8.88. The molecule has 1 fully saturated rings. The molecule has 0 spiro atoms. The Labute approximate surface area is 201 Å². The maximum atomic E-state index is 12.6. The zero-order valence-electron chi connectivity index (χ0n) is 18.5. The molecule has 0 bridgehead atoms. The summed E-state index contributed by atoms with van der Waals surface area (Å²) in [7, 11) is -3.10. The van der Waals surface area contributed by atoms with Crippen LogP contribution in [0.15, 0.2) is 72.8 Å². The van der Waals surface area contributed by atoms with Crippen LogP contribution in [0.2, 0.25) is 0 Å². The van der Waals surface area contributed by atoms with Gasteiger partial charge in [-0.25, -0.2) is 18.1 Å². The Morgan fingerprint density at radius 3 is 2.14 bits per heavy atom. The van der Waals surface area contributed by atoms with Gasteiger partial charge in [-0.1, -0.05) is 24.3 Å². The Bertz CT molecular complexity index is 1510. The largest absolute Gasteiger partial charge is 0.507 e.